The van der Waals surface area contributed by atoms with Crippen LogP contribution in [0.5, 0.6) is 0 Å². The Morgan fingerprint density at radius 3 is 1.29 bits per heavy atom. The SMILES string of the molecule is CC=CC=O.CC=CC=O.O=C1C=CC(=O)O1. The van der Waals surface area contributed by atoms with Crippen molar-refractivity contribution in [2.45, 2.75) is 13.8 Å². The molecule has 0 aromatic heterocycles. The van der Waals surface area contributed by atoms with Gasteiger partial charge in [-0.25, -0.2) is 9.59 Å². The maximum Gasteiger partial charge on any atom is 0.338 e. The maximum atomic E-state index is 9.92. The van der Waals surface area contributed by atoms with E-state index >= 15 is 0 Å². The summed E-state index contributed by atoms with van der Waals surface area (Å²) in [5.74, 6) is -1.16. The summed E-state index contributed by atoms with van der Waals surface area (Å²) in [6.07, 6.45) is 9.94. The summed E-state index contributed by atoms with van der Waals surface area (Å²) in [7, 11) is 0. The van der Waals surface area contributed by atoms with Crippen LogP contribution < -0.4 is 0 Å². The van der Waals surface area contributed by atoms with E-state index in [4.69, 9.17) is 0 Å². The molecule has 1 rings (SSSR count). The number of hydrogen-bond acceptors (Lipinski definition) is 5. The molecular formula is C12H14O5. The van der Waals surface area contributed by atoms with E-state index in [9.17, 15) is 19.2 Å². The van der Waals surface area contributed by atoms with Crippen LogP contribution in [0.4, 0.5) is 0 Å². The van der Waals surface area contributed by atoms with E-state index < -0.39 is 11.9 Å². The third-order valence-electron chi connectivity index (χ3n) is 1.10. The second kappa shape index (κ2) is 13.7. The number of allylic oxidation sites excluding steroid dienone is 4. The van der Waals surface area contributed by atoms with Gasteiger partial charge in [-0.1, -0.05) is 12.2 Å². The average molecular weight is 238 g/mol. The van der Waals surface area contributed by atoms with Crippen molar-refractivity contribution >= 4 is 24.5 Å². The van der Waals surface area contributed by atoms with Gasteiger partial charge in [-0.2, -0.15) is 0 Å². The lowest BCUT2D eigenvalue weighted by atomic mass is 10.6. The Labute approximate surface area is 99.5 Å². The summed E-state index contributed by atoms with van der Waals surface area (Å²) in [5, 5.41) is 0. The number of hydrogen-bond donors (Lipinski definition) is 0. The van der Waals surface area contributed by atoms with Gasteiger partial charge in [0.25, 0.3) is 0 Å². The molecule has 1 aliphatic rings. The Hall–Kier alpha value is -2.30. The Bertz CT molecular complexity index is 305. The molecule has 0 atom stereocenters. The monoisotopic (exact) mass is 238 g/mol. The molecule has 0 aromatic carbocycles. The smallest absolute Gasteiger partial charge is 0.338 e. The van der Waals surface area contributed by atoms with Crippen molar-refractivity contribution in [1.82, 2.24) is 0 Å². The highest BCUT2D eigenvalue weighted by Crippen LogP contribution is 1.92. The summed E-state index contributed by atoms with van der Waals surface area (Å²) in [4.78, 5) is 38.5. The lowest BCUT2D eigenvalue weighted by Crippen LogP contribution is -1.96. The van der Waals surface area contributed by atoms with Gasteiger partial charge in [0.2, 0.25) is 0 Å². The van der Waals surface area contributed by atoms with Crippen LogP contribution in [0.15, 0.2) is 36.5 Å². The summed E-state index contributed by atoms with van der Waals surface area (Å²) in [6, 6.07) is 0. The lowest BCUT2D eigenvalue weighted by molar-refractivity contribution is -0.150. The fourth-order valence-electron chi connectivity index (χ4n) is 0.460. The van der Waals surface area contributed by atoms with Gasteiger partial charge in [-0.15, -0.1) is 0 Å². The molecule has 0 spiro atoms. The second-order valence-electron chi connectivity index (χ2n) is 2.40. The van der Waals surface area contributed by atoms with Gasteiger partial charge in [0.15, 0.2) is 0 Å². The minimum atomic E-state index is -0.579. The normalized spacial score (nSPS) is 12.6. The number of carbonyl (C=O) groups excluding carboxylic acids is 4. The molecule has 92 valence electrons. The predicted octanol–water partition coefficient (Wildman–Crippen LogP) is 1.15. The number of aldehydes is 2. The Kier molecular flexibility index (Phi) is 13.8. The summed E-state index contributed by atoms with van der Waals surface area (Å²) in [6.45, 7) is 3.60. The molecule has 0 fully saturated rings. The van der Waals surface area contributed by atoms with Gasteiger partial charge in [0.1, 0.15) is 12.6 Å². The highest BCUT2D eigenvalue weighted by atomic mass is 16.6. The molecule has 0 saturated heterocycles. The molecule has 5 nitrogen and oxygen atoms in total. The van der Waals surface area contributed by atoms with Crippen LogP contribution in [0.3, 0.4) is 0 Å². The first-order valence-corrected chi connectivity index (χ1v) is 4.69. The van der Waals surface area contributed by atoms with Crippen LogP contribution >= 0.6 is 0 Å². The summed E-state index contributed by atoms with van der Waals surface area (Å²) < 4.78 is 3.97. The van der Waals surface area contributed by atoms with Crippen LogP contribution in [0.2, 0.25) is 0 Å². The van der Waals surface area contributed by atoms with Crippen LogP contribution in [0, 0.1) is 0 Å². The van der Waals surface area contributed by atoms with Crippen LogP contribution in [-0.4, -0.2) is 24.5 Å². The van der Waals surface area contributed by atoms with Crippen molar-refractivity contribution in [1.29, 1.82) is 0 Å². The Balaban J connectivity index is 0. The van der Waals surface area contributed by atoms with Gasteiger partial charge in [0, 0.05) is 12.2 Å². The van der Waals surface area contributed by atoms with Crippen LogP contribution in [0.25, 0.3) is 0 Å². The third kappa shape index (κ3) is 16.4. The largest absolute Gasteiger partial charge is 0.387 e. The van der Waals surface area contributed by atoms with Crippen molar-refractivity contribution in [3.05, 3.63) is 36.5 Å². The lowest BCUT2D eigenvalue weighted by Gasteiger charge is -1.80. The minimum absolute atomic E-state index is 0.579. The molecule has 0 N–H and O–H groups in total. The fraction of sp³-hybridized carbons (Fsp3) is 0.167. The zero-order valence-electron chi connectivity index (χ0n) is 9.66. The van der Waals surface area contributed by atoms with E-state index in [1.807, 2.05) is 0 Å². The highest BCUT2D eigenvalue weighted by Gasteiger charge is 2.10. The van der Waals surface area contributed by atoms with E-state index in [1.165, 1.54) is 12.2 Å². The molecule has 17 heavy (non-hydrogen) atoms. The Morgan fingerprint density at radius 2 is 1.24 bits per heavy atom. The molecule has 5 heteroatoms. The Morgan fingerprint density at radius 1 is 0.882 bits per heavy atom. The van der Waals surface area contributed by atoms with Gasteiger partial charge in [-0.05, 0) is 26.0 Å². The summed E-state index contributed by atoms with van der Waals surface area (Å²) in [5.41, 5.74) is 0. The molecule has 0 amide bonds. The number of ether oxygens (including phenoxy) is 1. The van der Waals surface area contributed by atoms with Gasteiger partial charge in [0.05, 0.1) is 0 Å². The number of esters is 2. The molecule has 0 aromatic rings. The average Bonchev–Trinajstić information content (AvgIpc) is 2.66. The highest BCUT2D eigenvalue weighted by molar-refractivity contribution is 6.04. The fourth-order valence-corrected chi connectivity index (χ4v) is 0.460. The van der Waals surface area contributed by atoms with E-state index in [2.05, 4.69) is 4.74 Å². The van der Waals surface area contributed by atoms with E-state index in [-0.39, 0.29) is 0 Å². The first kappa shape index (κ1) is 17.1. The number of carbonyl (C=O) groups is 4. The molecule has 1 heterocycles. The maximum absolute atomic E-state index is 9.92. The van der Waals surface area contributed by atoms with Crippen molar-refractivity contribution < 1.29 is 23.9 Å². The molecule has 0 aliphatic carbocycles. The molecule has 0 unspecified atom stereocenters. The van der Waals surface area contributed by atoms with Crippen molar-refractivity contribution in [3.63, 3.8) is 0 Å². The van der Waals surface area contributed by atoms with Crippen molar-refractivity contribution in [3.8, 4) is 0 Å². The van der Waals surface area contributed by atoms with E-state index in [0.717, 1.165) is 24.7 Å². The van der Waals surface area contributed by atoms with E-state index in [1.54, 1.807) is 26.0 Å². The van der Waals surface area contributed by atoms with Gasteiger partial charge in [-0.3, -0.25) is 9.59 Å². The van der Waals surface area contributed by atoms with Gasteiger partial charge < -0.3 is 4.74 Å². The van der Waals surface area contributed by atoms with Crippen molar-refractivity contribution in [2.75, 3.05) is 0 Å². The molecular weight excluding hydrogens is 224 g/mol. The third-order valence-corrected chi connectivity index (χ3v) is 1.10. The molecule has 0 saturated carbocycles. The number of rotatable bonds is 2. The first-order chi connectivity index (χ1) is 8.12. The first-order valence-electron chi connectivity index (χ1n) is 4.69. The van der Waals surface area contributed by atoms with Gasteiger partial charge >= 0.3 is 11.9 Å². The minimum Gasteiger partial charge on any atom is -0.387 e. The molecule has 0 bridgehead atoms. The zero-order chi connectivity index (χ0) is 13.5. The standard InChI is InChI=1S/C4H2O3.2C4H6O/c5-3-1-2-4(6)7-3;2*1-2-3-4-5/h1-2H;2*2-4H,1H3. The quantitative estimate of drug-likeness (QED) is 0.312. The number of cyclic esters (lactones) is 2. The van der Waals surface area contributed by atoms with Crippen molar-refractivity contribution in [2.24, 2.45) is 0 Å². The zero-order valence-corrected chi connectivity index (χ0v) is 9.66. The van der Waals surface area contributed by atoms with Crippen LogP contribution in [0.1, 0.15) is 13.8 Å². The van der Waals surface area contributed by atoms with Crippen LogP contribution in [-0.2, 0) is 23.9 Å². The topological polar surface area (TPSA) is 77.5 Å². The predicted molar refractivity (Wildman–Crippen MR) is 62.0 cm³/mol. The molecule has 1 aliphatic heterocycles. The van der Waals surface area contributed by atoms with E-state index in [0.29, 0.717) is 0 Å². The summed E-state index contributed by atoms with van der Waals surface area (Å²) >= 11 is 0. The molecule has 0 radical (unpaired) electrons. The second-order valence-corrected chi connectivity index (χ2v) is 2.40.